The molecule has 1 fully saturated rings. The van der Waals surface area contributed by atoms with Gasteiger partial charge in [-0.15, -0.1) is 0 Å². The van der Waals surface area contributed by atoms with Gasteiger partial charge in [0.2, 0.25) is 5.91 Å². The van der Waals surface area contributed by atoms with Crippen LogP contribution in [0.1, 0.15) is 50.7 Å². The van der Waals surface area contributed by atoms with Gasteiger partial charge in [0.25, 0.3) is 0 Å². The Labute approximate surface area is 206 Å². The smallest absolute Gasteiger partial charge is 0.237 e. The predicted molar refractivity (Wildman–Crippen MR) is 134 cm³/mol. The average molecular weight is 487 g/mol. The Morgan fingerprint density at radius 2 is 1.88 bits per heavy atom. The van der Waals surface area contributed by atoms with E-state index in [1.54, 1.807) is 18.2 Å². The number of carbonyl (C=O) groups excluding carboxylic acids is 1. The van der Waals surface area contributed by atoms with Crippen LogP contribution in [0.4, 0.5) is 0 Å². The van der Waals surface area contributed by atoms with Gasteiger partial charge in [-0.25, -0.2) is 0 Å². The van der Waals surface area contributed by atoms with Crippen molar-refractivity contribution in [3.05, 3.63) is 69.7 Å². The highest BCUT2D eigenvalue weighted by Crippen LogP contribution is 2.51. The van der Waals surface area contributed by atoms with Crippen LogP contribution < -0.4 is 16.4 Å². The molecule has 1 heterocycles. The summed E-state index contributed by atoms with van der Waals surface area (Å²) in [5.41, 5.74) is 6.22. The van der Waals surface area contributed by atoms with Gasteiger partial charge in [-0.2, -0.15) is 5.26 Å². The lowest BCUT2D eigenvalue weighted by atomic mass is 9.63. The molecule has 5 nitrogen and oxygen atoms in total. The van der Waals surface area contributed by atoms with Gasteiger partial charge in [-0.1, -0.05) is 68.2 Å². The Balaban J connectivity index is 2.20. The fourth-order valence-corrected chi connectivity index (χ4v) is 5.21. The van der Waals surface area contributed by atoms with Crippen molar-refractivity contribution in [3.63, 3.8) is 0 Å². The molecule has 3 rings (SSSR count). The minimum Gasteiger partial charge on any atom is -0.355 e. The van der Waals surface area contributed by atoms with Crippen molar-refractivity contribution >= 4 is 29.1 Å². The van der Waals surface area contributed by atoms with Gasteiger partial charge in [-0.3, -0.25) is 4.79 Å². The van der Waals surface area contributed by atoms with E-state index in [2.05, 4.69) is 37.5 Å². The Kier molecular flexibility index (Phi) is 8.08. The van der Waals surface area contributed by atoms with Crippen LogP contribution in [-0.4, -0.2) is 31.1 Å². The number of carbonyl (C=O) groups is 1. The quantitative estimate of drug-likeness (QED) is 0.491. The topological polar surface area (TPSA) is 90.9 Å². The summed E-state index contributed by atoms with van der Waals surface area (Å²) in [6, 6.07) is 16.6. The molecule has 0 aromatic heterocycles. The second kappa shape index (κ2) is 10.4. The van der Waals surface area contributed by atoms with Crippen LogP contribution in [-0.2, 0) is 10.2 Å². The normalized spacial score (nSPS) is 24.9. The fourth-order valence-electron chi connectivity index (χ4n) is 4.88. The predicted octanol–water partition coefficient (Wildman–Crippen LogP) is 4.78. The summed E-state index contributed by atoms with van der Waals surface area (Å²) in [6.07, 6.45) is 1.39. The highest BCUT2D eigenvalue weighted by molar-refractivity contribution is 6.30. The molecule has 4 N–H and O–H groups in total. The van der Waals surface area contributed by atoms with E-state index >= 15 is 0 Å². The Bertz CT molecular complexity index is 1010. The molecule has 0 saturated carbocycles. The van der Waals surface area contributed by atoms with E-state index in [1.807, 2.05) is 30.3 Å². The van der Waals surface area contributed by atoms with Gasteiger partial charge in [0.15, 0.2) is 0 Å². The van der Waals surface area contributed by atoms with E-state index in [4.69, 9.17) is 28.9 Å². The van der Waals surface area contributed by atoms with Gasteiger partial charge < -0.3 is 16.4 Å². The third kappa shape index (κ3) is 5.53. The van der Waals surface area contributed by atoms with Gasteiger partial charge in [0.1, 0.15) is 5.41 Å². The number of nitriles is 1. The molecule has 2 aromatic carbocycles. The number of benzene rings is 2. The number of nitrogens with one attached hydrogen (secondary N) is 2. The first kappa shape index (κ1) is 25.5. The van der Waals surface area contributed by atoms with Gasteiger partial charge in [-0.05, 0) is 60.2 Å². The first-order valence-electron chi connectivity index (χ1n) is 11.3. The lowest BCUT2D eigenvalue weighted by Crippen LogP contribution is -2.46. The Hall–Kier alpha value is -2.10. The molecule has 2 aromatic rings. The molecule has 1 aliphatic rings. The van der Waals surface area contributed by atoms with Gasteiger partial charge in [0.05, 0.1) is 12.1 Å². The first-order chi connectivity index (χ1) is 15.6. The van der Waals surface area contributed by atoms with Gasteiger partial charge in [0, 0.05) is 28.5 Å². The van der Waals surface area contributed by atoms with Crippen molar-refractivity contribution in [2.75, 3.05) is 13.1 Å². The molecule has 0 bridgehead atoms. The van der Waals surface area contributed by atoms with Crippen molar-refractivity contribution < 1.29 is 4.79 Å². The lowest BCUT2D eigenvalue weighted by Gasteiger charge is -2.37. The summed E-state index contributed by atoms with van der Waals surface area (Å²) in [5, 5.41) is 18.5. The molecule has 4 unspecified atom stereocenters. The number of amides is 1. The number of rotatable bonds is 7. The van der Waals surface area contributed by atoms with Crippen LogP contribution in [0, 0.1) is 16.7 Å². The highest BCUT2D eigenvalue weighted by atomic mass is 35.5. The molecule has 0 radical (unpaired) electrons. The van der Waals surface area contributed by atoms with Crippen molar-refractivity contribution in [3.8, 4) is 6.07 Å². The average Bonchev–Trinajstić information content (AvgIpc) is 3.07. The van der Waals surface area contributed by atoms with Crippen LogP contribution in [0.25, 0.3) is 0 Å². The zero-order chi connectivity index (χ0) is 24.2. The molecule has 1 amide bonds. The highest BCUT2D eigenvalue weighted by Gasteiger charge is 2.59. The number of nitrogens with two attached hydrogens (primary N) is 1. The van der Waals surface area contributed by atoms with E-state index in [-0.39, 0.29) is 17.4 Å². The minimum atomic E-state index is -1.00. The number of halogens is 2. The monoisotopic (exact) mass is 486 g/mol. The SMILES string of the molecule is CC(C)(C)CC1NC(C(=O)NCCCN)C(c2cccc(Cl)c2)C1(C#N)c1ccc(Cl)cc1. The van der Waals surface area contributed by atoms with Gasteiger partial charge >= 0.3 is 0 Å². The van der Waals surface area contributed by atoms with E-state index in [9.17, 15) is 10.1 Å². The maximum Gasteiger partial charge on any atom is 0.237 e. The molecule has 33 heavy (non-hydrogen) atoms. The summed E-state index contributed by atoms with van der Waals surface area (Å²) >= 11 is 12.5. The third-order valence-corrected chi connectivity index (χ3v) is 6.74. The van der Waals surface area contributed by atoms with Crippen molar-refractivity contribution in [1.29, 1.82) is 5.26 Å². The summed E-state index contributed by atoms with van der Waals surface area (Å²) in [6.45, 7) is 7.40. The first-order valence-corrected chi connectivity index (χ1v) is 12.0. The van der Waals surface area contributed by atoms with E-state index < -0.39 is 17.4 Å². The number of hydrogen-bond acceptors (Lipinski definition) is 4. The third-order valence-electron chi connectivity index (χ3n) is 6.25. The summed E-state index contributed by atoms with van der Waals surface area (Å²) in [4.78, 5) is 13.4. The molecule has 1 saturated heterocycles. The van der Waals surface area contributed by atoms with E-state index in [1.165, 1.54) is 0 Å². The number of nitrogens with zero attached hydrogens (tertiary/aromatic N) is 1. The molecular formula is C26H32Cl2N4O. The van der Waals surface area contributed by atoms with E-state index in [0.717, 1.165) is 11.1 Å². The largest absolute Gasteiger partial charge is 0.355 e. The van der Waals surface area contributed by atoms with Crippen molar-refractivity contribution in [2.45, 2.75) is 57.0 Å². The van der Waals surface area contributed by atoms with Crippen LogP contribution in [0.15, 0.2) is 48.5 Å². The maximum atomic E-state index is 13.4. The van der Waals surface area contributed by atoms with Crippen LogP contribution in [0.3, 0.4) is 0 Å². The molecule has 176 valence electrons. The van der Waals surface area contributed by atoms with Crippen LogP contribution >= 0.6 is 23.2 Å². The zero-order valence-corrected chi connectivity index (χ0v) is 20.9. The number of hydrogen-bond donors (Lipinski definition) is 3. The Morgan fingerprint density at radius 1 is 1.18 bits per heavy atom. The summed E-state index contributed by atoms with van der Waals surface area (Å²) in [7, 11) is 0. The molecule has 7 heteroatoms. The standard InChI is InChI=1S/C26H32Cl2N4O/c1-25(2,3)15-21-26(16-30,18-8-10-19(27)11-9-18)22(17-6-4-7-20(28)14-17)23(32-21)24(33)31-13-5-12-29/h4,6-11,14,21-23,32H,5,12-13,15,29H2,1-3H3,(H,31,33). The molecule has 1 aliphatic heterocycles. The molecule has 0 aliphatic carbocycles. The molecule has 0 spiro atoms. The second-order valence-electron chi connectivity index (χ2n) is 9.92. The van der Waals surface area contributed by atoms with Crippen molar-refractivity contribution in [1.82, 2.24) is 10.6 Å². The molecular weight excluding hydrogens is 455 g/mol. The zero-order valence-electron chi connectivity index (χ0n) is 19.4. The second-order valence-corrected chi connectivity index (χ2v) is 10.8. The summed E-state index contributed by atoms with van der Waals surface area (Å²) in [5.74, 6) is -0.592. The maximum absolute atomic E-state index is 13.4. The molecule has 4 atom stereocenters. The summed E-state index contributed by atoms with van der Waals surface area (Å²) < 4.78 is 0. The van der Waals surface area contributed by atoms with Crippen molar-refractivity contribution in [2.24, 2.45) is 11.1 Å². The lowest BCUT2D eigenvalue weighted by molar-refractivity contribution is -0.123. The fraction of sp³-hybridized carbons (Fsp3) is 0.462. The Morgan fingerprint density at radius 3 is 2.45 bits per heavy atom. The van der Waals surface area contributed by atoms with Crippen LogP contribution in [0.2, 0.25) is 10.0 Å². The minimum absolute atomic E-state index is 0.0734. The van der Waals surface area contributed by atoms with Crippen LogP contribution in [0.5, 0.6) is 0 Å². The van der Waals surface area contributed by atoms with E-state index in [0.29, 0.717) is 36.0 Å².